The molecule has 0 radical (unpaired) electrons. The molecule has 1 unspecified atom stereocenters. The zero-order valence-corrected chi connectivity index (χ0v) is 13.9. The molecule has 0 aliphatic carbocycles. The molecule has 6 nitrogen and oxygen atoms in total. The van der Waals surface area contributed by atoms with E-state index < -0.39 is 0 Å². The molecule has 0 aliphatic heterocycles. The Labute approximate surface area is 130 Å². The van der Waals surface area contributed by atoms with E-state index in [9.17, 15) is 4.79 Å². The van der Waals surface area contributed by atoms with Crippen LogP contribution in [0.15, 0.2) is 11.0 Å². The molecule has 7 heteroatoms. The highest BCUT2D eigenvalue weighted by Crippen LogP contribution is 2.20. The van der Waals surface area contributed by atoms with E-state index in [0.717, 1.165) is 6.54 Å². The van der Waals surface area contributed by atoms with Gasteiger partial charge in [0.15, 0.2) is 0 Å². The average Bonchev–Trinajstić information content (AvgIpc) is 2.41. The third kappa shape index (κ3) is 5.30. The molecule has 0 bridgehead atoms. The van der Waals surface area contributed by atoms with Crippen LogP contribution in [0.25, 0.3) is 0 Å². The molecule has 0 saturated carbocycles. The summed E-state index contributed by atoms with van der Waals surface area (Å²) in [5.74, 6) is 0.310. The summed E-state index contributed by atoms with van der Waals surface area (Å²) in [5.41, 5.74) is 0.227. The Morgan fingerprint density at radius 3 is 2.67 bits per heavy atom. The van der Waals surface area contributed by atoms with Crippen molar-refractivity contribution in [2.75, 3.05) is 32.6 Å². The first-order valence-corrected chi connectivity index (χ1v) is 7.52. The summed E-state index contributed by atoms with van der Waals surface area (Å²) in [5, 5.41) is 16.6. The third-order valence-corrected chi connectivity index (χ3v) is 3.69. The van der Waals surface area contributed by atoms with E-state index in [1.54, 1.807) is 6.20 Å². The Morgan fingerprint density at radius 2 is 2.14 bits per heavy atom. The van der Waals surface area contributed by atoms with E-state index in [0.29, 0.717) is 24.6 Å². The number of aromatic nitrogens is 2. The molecule has 0 fully saturated rings. The molecule has 1 aromatic heterocycles. The van der Waals surface area contributed by atoms with Crippen molar-refractivity contribution >= 4 is 17.3 Å². The van der Waals surface area contributed by atoms with Gasteiger partial charge in [0.05, 0.1) is 18.4 Å². The van der Waals surface area contributed by atoms with E-state index >= 15 is 0 Å². The Bertz CT molecular complexity index is 502. The van der Waals surface area contributed by atoms with E-state index in [1.165, 1.54) is 4.68 Å². The van der Waals surface area contributed by atoms with Crippen LogP contribution in [0.2, 0.25) is 5.02 Å². The second kappa shape index (κ2) is 8.36. The van der Waals surface area contributed by atoms with Gasteiger partial charge in [-0.15, -0.1) is 0 Å². The summed E-state index contributed by atoms with van der Waals surface area (Å²) < 4.78 is 1.37. The standard InChI is InChI=1S/C14H25ClN4O2/c1-10(2)11(5-8-20)17-12-9-16-19(7-6-18(3)4)14(21)13(12)15/h9-11,17,20H,5-8H2,1-4H3. The number of nitrogens with zero attached hydrogens (tertiary/aromatic N) is 3. The first kappa shape index (κ1) is 17.9. The normalized spacial score (nSPS) is 13.0. The highest BCUT2D eigenvalue weighted by molar-refractivity contribution is 6.32. The number of halogens is 1. The predicted octanol–water partition coefficient (Wildman–Crippen LogP) is 1.28. The molecule has 2 N–H and O–H groups in total. The van der Waals surface area contributed by atoms with Gasteiger partial charge in [-0.05, 0) is 26.4 Å². The van der Waals surface area contributed by atoms with Crippen molar-refractivity contribution in [3.05, 3.63) is 21.6 Å². The van der Waals surface area contributed by atoms with Crippen LogP contribution in [-0.2, 0) is 6.54 Å². The number of aliphatic hydroxyl groups is 1. The van der Waals surface area contributed by atoms with Crippen LogP contribution in [0, 0.1) is 5.92 Å². The minimum Gasteiger partial charge on any atom is -0.396 e. The maximum absolute atomic E-state index is 12.2. The van der Waals surface area contributed by atoms with E-state index in [2.05, 4.69) is 10.4 Å². The molecule has 0 saturated heterocycles. The largest absolute Gasteiger partial charge is 0.396 e. The lowest BCUT2D eigenvalue weighted by Gasteiger charge is -2.23. The molecule has 21 heavy (non-hydrogen) atoms. The number of hydrogen-bond acceptors (Lipinski definition) is 5. The van der Waals surface area contributed by atoms with Crippen molar-refractivity contribution in [2.45, 2.75) is 32.9 Å². The second-order valence-electron chi connectivity index (χ2n) is 5.71. The maximum atomic E-state index is 12.2. The van der Waals surface area contributed by atoms with Crippen LogP contribution in [0.4, 0.5) is 5.69 Å². The number of hydrogen-bond donors (Lipinski definition) is 2. The summed E-state index contributed by atoms with van der Waals surface area (Å²) in [6.45, 7) is 5.39. The number of rotatable bonds is 8. The minimum absolute atomic E-state index is 0.0475. The lowest BCUT2D eigenvalue weighted by Crippen LogP contribution is -2.31. The van der Waals surface area contributed by atoms with Gasteiger partial charge in [-0.2, -0.15) is 5.10 Å². The Hall–Kier alpha value is -1.11. The van der Waals surface area contributed by atoms with Gasteiger partial charge in [0.1, 0.15) is 5.02 Å². The Balaban J connectivity index is 2.90. The Kier molecular flexibility index (Phi) is 7.14. The van der Waals surface area contributed by atoms with Crippen LogP contribution >= 0.6 is 11.6 Å². The zero-order valence-electron chi connectivity index (χ0n) is 13.1. The summed E-state index contributed by atoms with van der Waals surface area (Å²) in [7, 11) is 3.87. The van der Waals surface area contributed by atoms with Crippen molar-refractivity contribution in [1.29, 1.82) is 0 Å². The Morgan fingerprint density at radius 1 is 1.48 bits per heavy atom. The van der Waals surface area contributed by atoms with Crippen molar-refractivity contribution in [2.24, 2.45) is 5.92 Å². The topological polar surface area (TPSA) is 70.4 Å². The number of likely N-dealkylation sites (N-methyl/N-ethyl adjacent to an activating group) is 1. The number of nitrogens with one attached hydrogen (secondary N) is 1. The number of aliphatic hydroxyl groups excluding tert-OH is 1. The first-order chi connectivity index (χ1) is 9.86. The van der Waals surface area contributed by atoms with Gasteiger partial charge in [0.2, 0.25) is 0 Å². The highest BCUT2D eigenvalue weighted by Gasteiger charge is 2.16. The molecule has 120 valence electrons. The van der Waals surface area contributed by atoms with E-state index in [1.807, 2.05) is 32.8 Å². The molecule has 0 amide bonds. The van der Waals surface area contributed by atoms with Gasteiger partial charge in [-0.25, -0.2) is 4.68 Å². The lowest BCUT2D eigenvalue weighted by atomic mass is 10.0. The minimum atomic E-state index is -0.296. The molecule has 0 aliphatic rings. The van der Waals surface area contributed by atoms with Crippen molar-refractivity contribution in [1.82, 2.24) is 14.7 Å². The van der Waals surface area contributed by atoms with Crippen molar-refractivity contribution in [3.63, 3.8) is 0 Å². The molecule has 1 atom stereocenters. The molecule has 0 aromatic carbocycles. The second-order valence-corrected chi connectivity index (χ2v) is 6.09. The summed E-state index contributed by atoms with van der Waals surface area (Å²) in [4.78, 5) is 14.1. The van der Waals surface area contributed by atoms with Gasteiger partial charge in [-0.1, -0.05) is 25.4 Å². The zero-order chi connectivity index (χ0) is 16.0. The van der Waals surface area contributed by atoms with Crippen LogP contribution in [-0.4, -0.2) is 53.1 Å². The van der Waals surface area contributed by atoms with Crippen molar-refractivity contribution in [3.8, 4) is 0 Å². The van der Waals surface area contributed by atoms with Crippen LogP contribution in [0.5, 0.6) is 0 Å². The lowest BCUT2D eigenvalue weighted by molar-refractivity contribution is 0.267. The smallest absolute Gasteiger partial charge is 0.287 e. The fourth-order valence-electron chi connectivity index (χ4n) is 1.93. The average molecular weight is 317 g/mol. The molecule has 1 rings (SSSR count). The highest BCUT2D eigenvalue weighted by atomic mass is 35.5. The van der Waals surface area contributed by atoms with Gasteiger partial charge in [-0.3, -0.25) is 4.79 Å². The van der Waals surface area contributed by atoms with Gasteiger partial charge in [0.25, 0.3) is 5.56 Å². The van der Waals surface area contributed by atoms with Gasteiger partial charge in [0, 0.05) is 19.2 Å². The summed E-state index contributed by atoms with van der Waals surface area (Å²) in [6.07, 6.45) is 2.17. The fraction of sp³-hybridized carbons (Fsp3) is 0.714. The molecule has 0 spiro atoms. The van der Waals surface area contributed by atoms with E-state index in [-0.39, 0.29) is 23.2 Å². The van der Waals surface area contributed by atoms with Crippen molar-refractivity contribution < 1.29 is 5.11 Å². The molecule has 1 aromatic rings. The summed E-state index contributed by atoms with van der Waals surface area (Å²) >= 11 is 6.15. The van der Waals surface area contributed by atoms with Gasteiger partial charge >= 0.3 is 0 Å². The van der Waals surface area contributed by atoms with Crippen LogP contribution in [0.1, 0.15) is 20.3 Å². The van der Waals surface area contributed by atoms with Crippen LogP contribution in [0.3, 0.4) is 0 Å². The van der Waals surface area contributed by atoms with Crippen LogP contribution < -0.4 is 10.9 Å². The third-order valence-electron chi connectivity index (χ3n) is 3.33. The maximum Gasteiger partial charge on any atom is 0.287 e. The van der Waals surface area contributed by atoms with E-state index in [4.69, 9.17) is 16.7 Å². The fourth-order valence-corrected chi connectivity index (χ4v) is 2.13. The molecular weight excluding hydrogens is 292 g/mol. The predicted molar refractivity (Wildman–Crippen MR) is 86.0 cm³/mol. The number of anilines is 1. The first-order valence-electron chi connectivity index (χ1n) is 7.14. The SMILES string of the molecule is CC(C)C(CCO)Nc1cnn(CCN(C)C)c(=O)c1Cl. The monoisotopic (exact) mass is 316 g/mol. The molecule has 1 heterocycles. The summed E-state index contributed by atoms with van der Waals surface area (Å²) in [6, 6.07) is 0.0475. The van der Waals surface area contributed by atoms with Gasteiger partial charge < -0.3 is 15.3 Å². The molecular formula is C14H25ClN4O2. The quantitative estimate of drug-likeness (QED) is 0.756.